The normalized spacial score (nSPS) is 9.56. The fraction of sp³-hybridized carbons (Fsp3) is 0.250. The molecule has 1 heteroatoms. The van der Waals surface area contributed by atoms with Gasteiger partial charge in [-0.2, -0.15) is 0 Å². The first-order valence-electron chi connectivity index (χ1n) is 2.94. The third-order valence-electron chi connectivity index (χ3n) is 1.24. The molecule has 0 aromatic heterocycles. The zero-order valence-electron chi connectivity index (χ0n) is 5.39. The fourth-order valence-corrected chi connectivity index (χ4v) is 0.795. The molecule has 1 rings (SSSR count). The Morgan fingerprint density at radius 3 is 2.67 bits per heavy atom. The minimum Gasteiger partial charge on any atom is -0.246 e. The van der Waals surface area contributed by atoms with Crippen molar-refractivity contribution in [1.29, 1.82) is 0 Å². The number of aryl methyl sites for hydroxylation is 1. The van der Waals surface area contributed by atoms with E-state index in [1.165, 1.54) is 0 Å². The molecule has 0 saturated heterocycles. The van der Waals surface area contributed by atoms with Crippen LogP contribution in [0, 0.1) is 6.92 Å². The Labute approximate surface area is 54.3 Å². The smallest absolute Gasteiger partial charge is 0.115 e. The van der Waals surface area contributed by atoms with Crippen LogP contribution in [0.5, 0.6) is 0 Å². The van der Waals surface area contributed by atoms with Gasteiger partial charge in [-0.3, -0.25) is 0 Å². The predicted octanol–water partition coefficient (Wildman–Crippen LogP) is 2.46. The predicted molar refractivity (Wildman–Crippen MR) is 36.0 cm³/mol. The Balaban J connectivity index is 2.94. The molecule has 1 aromatic rings. The number of benzene rings is 1. The maximum absolute atomic E-state index is 11.9. The highest BCUT2D eigenvalue weighted by Gasteiger charge is 1.88. The second kappa shape index (κ2) is 2.62. The zero-order valence-corrected chi connectivity index (χ0v) is 5.39. The van der Waals surface area contributed by atoms with Crippen LogP contribution in [0.4, 0.5) is 4.39 Å². The summed E-state index contributed by atoms with van der Waals surface area (Å²) in [5.74, 6) is 0. The minimum absolute atomic E-state index is 0.359. The second-order valence-corrected chi connectivity index (χ2v) is 2.12. The summed E-state index contributed by atoms with van der Waals surface area (Å²) in [6.07, 6.45) is 0. The molecular formula is C8H9F. The van der Waals surface area contributed by atoms with E-state index in [0.717, 1.165) is 11.1 Å². The Hall–Kier alpha value is -0.850. The largest absolute Gasteiger partial charge is 0.246 e. The van der Waals surface area contributed by atoms with Crippen molar-refractivity contribution in [3.63, 3.8) is 0 Å². The van der Waals surface area contributed by atoms with Crippen molar-refractivity contribution in [3.05, 3.63) is 35.4 Å². The fourth-order valence-electron chi connectivity index (χ4n) is 0.795. The monoisotopic (exact) mass is 124 g/mol. The van der Waals surface area contributed by atoms with Crippen molar-refractivity contribution >= 4 is 0 Å². The van der Waals surface area contributed by atoms with Crippen LogP contribution in [0.1, 0.15) is 11.1 Å². The van der Waals surface area contributed by atoms with Crippen molar-refractivity contribution in [2.24, 2.45) is 0 Å². The third kappa shape index (κ3) is 1.53. The average Bonchev–Trinajstić information content (AvgIpc) is 1.88. The summed E-state index contributed by atoms with van der Waals surface area (Å²) in [6, 6.07) is 7.45. The Morgan fingerprint density at radius 2 is 2.22 bits per heavy atom. The Morgan fingerprint density at radius 1 is 1.44 bits per heavy atom. The number of halogens is 1. The molecule has 0 fully saturated rings. The molecule has 48 valence electrons. The maximum atomic E-state index is 11.9. The molecule has 0 saturated carbocycles. The number of rotatable bonds is 1. The number of alkyl halides is 1. The summed E-state index contributed by atoms with van der Waals surface area (Å²) in [5, 5.41) is 0. The quantitative estimate of drug-likeness (QED) is 0.539. The molecule has 0 radical (unpaired) electrons. The van der Waals surface area contributed by atoms with Crippen molar-refractivity contribution in [1.82, 2.24) is 0 Å². The van der Waals surface area contributed by atoms with Gasteiger partial charge in [-0.15, -0.1) is 0 Å². The van der Waals surface area contributed by atoms with Gasteiger partial charge < -0.3 is 0 Å². The molecule has 0 aliphatic heterocycles. The lowest BCUT2D eigenvalue weighted by molar-refractivity contribution is 0.485. The lowest BCUT2D eigenvalue weighted by atomic mass is 10.2. The van der Waals surface area contributed by atoms with E-state index in [-0.39, 0.29) is 6.67 Å². The molecule has 0 aliphatic rings. The molecule has 0 N–H and O–H groups in total. The van der Waals surface area contributed by atoms with E-state index in [1.807, 2.05) is 25.1 Å². The van der Waals surface area contributed by atoms with Gasteiger partial charge in [-0.25, -0.2) is 4.39 Å². The van der Waals surface area contributed by atoms with Gasteiger partial charge in [0.15, 0.2) is 0 Å². The Bertz CT molecular complexity index is 194. The number of hydrogen-bond donors (Lipinski definition) is 0. The van der Waals surface area contributed by atoms with E-state index in [2.05, 4.69) is 0 Å². The highest BCUT2D eigenvalue weighted by molar-refractivity contribution is 5.21. The second-order valence-electron chi connectivity index (χ2n) is 2.12. The summed E-state index contributed by atoms with van der Waals surface area (Å²) in [6.45, 7) is 1.60. The summed E-state index contributed by atoms with van der Waals surface area (Å²) >= 11 is 0. The standard InChI is InChI=1S/C8H9F/c1-7-3-2-4-8(5-7)6-9/h2-5H,6H2,1H3. The van der Waals surface area contributed by atoms with Crippen LogP contribution in [0.2, 0.25) is 0 Å². The third-order valence-corrected chi connectivity index (χ3v) is 1.24. The topological polar surface area (TPSA) is 0 Å². The molecule has 9 heavy (non-hydrogen) atoms. The first kappa shape index (κ1) is 6.27. The molecular weight excluding hydrogens is 115 g/mol. The molecule has 0 heterocycles. The van der Waals surface area contributed by atoms with E-state index >= 15 is 0 Å². The molecule has 0 atom stereocenters. The van der Waals surface area contributed by atoms with Crippen LogP contribution in [-0.4, -0.2) is 0 Å². The Kier molecular flexibility index (Phi) is 1.83. The summed E-state index contributed by atoms with van der Waals surface area (Å²) in [5.41, 5.74) is 1.88. The van der Waals surface area contributed by atoms with E-state index < -0.39 is 0 Å². The van der Waals surface area contributed by atoms with Gasteiger partial charge in [0.25, 0.3) is 0 Å². The van der Waals surface area contributed by atoms with Crippen LogP contribution < -0.4 is 0 Å². The summed E-state index contributed by atoms with van der Waals surface area (Å²) in [7, 11) is 0. The van der Waals surface area contributed by atoms with Crippen molar-refractivity contribution in [3.8, 4) is 0 Å². The van der Waals surface area contributed by atoms with Crippen LogP contribution in [0.3, 0.4) is 0 Å². The summed E-state index contributed by atoms with van der Waals surface area (Å²) < 4.78 is 11.9. The van der Waals surface area contributed by atoms with Crippen LogP contribution >= 0.6 is 0 Å². The highest BCUT2D eigenvalue weighted by Crippen LogP contribution is 2.04. The van der Waals surface area contributed by atoms with Crippen molar-refractivity contribution < 1.29 is 4.39 Å². The lowest BCUT2D eigenvalue weighted by Gasteiger charge is -1.93. The molecule has 0 unspecified atom stereocenters. The molecule has 0 amide bonds. The SMILES string of the molecule is Cc1cccc(CF)c1. The van der Waals surface area contributed by atoms with E-state index in [4.69, 9.17) is 0 Å². The maximum Gasteiger partial charge on any atom is 0.115 e. The van der Waals surface area contributed by atoms with Gasteiger partial charge in [-0.05, 0) is 12.5 Å². The zero-order chi connectivity index (χ0) is 6.69. The highest BCUT2D eigenvalue weighted by atomic mass is 19.1. The molecule has 0 bridgehead atoms. The molecule has 1 aromatic carbocycles. The van der Waals surface area contributed by atoms with E-state index in [1.54, 1.807) is 6.07 Å². The van der Waals surface area contributed by atoms with Gasteiger partial charge in [0.2, 0.25) is 0 Å². The van der Waals surface area contributed by atoms with E-state index in [0.29, 0.717) is 0 Å². The lowest BCUT2D eigenvalue weighted by Crippen LogP contribution is -1.77. The first-order chi connectivity index (χ1) is 4.33. The van der Waals surface area contributed by atoms with E-state index in [9.17, 15) is 4.39 Å². The average molecular weight is 124 g/mol. The van der Waals surface area contributed by atoms with Gasteiger partial charge >= 0.3 is 0 Å². The van der Waals surface area contributed by atoms with Gasteiger partial charge in [0, 0.05) is 0 Å². The minimum atomic E-state index is -0.359. The van der Waals surface area contributed by atoms with Gasteiger partial charge in [0.05, 0.1) is 0 Å². The number of hydrogen-bond acceptors (Lipinski definition) is 0. The summed E-state index contributed by atoms with van der Waals surface area (Å²) in [4.78, 5) is 0. The van der Waals surface area contributed by atoms with Crippen molar-refractivity contribution in [2.75, 3.05) is 0 Å². The van der Waals surface area contributed by atoms with Crippen LogP contribution in [0.15, 0.2) is 24.3 Å². The molecule has 0 aliphatic carbocycles. The first-order valence-corrected chi connectivity index (χ1v) is 2.94. The van der Waals surface area contributed by atoms with Gasteiger partial charge in [-0.1, -0.05) is 29.8 Å². The van der Waals surface area contributed by atoms with Crippen LogP contribution in [0.25, 0.3) is 0 Å². The molecule has 0 nitrogen and oxygen atoms in total. The van der Waals surface area contributed by atoms with Crippen LogP contribution in [-0.2, 0) is 6.67 Å². The van der Waals surface area contributed by atoms with Gasteiger partial charge in [0.1, 0.15) is 6.67 Å². The molecule has 0 spiro atoms. The van der Waals surface area contributed by atoms with Crippen molar-refractivity contribution in [2.45, 2.75) is 13.6 Å².